The van der Waals surface area contributed by atoms with Crippen molar-refractivity contribution in [1.29, 1.82) is 0 Å². The van der Waals surface area contributed by atoms with Crippen LogP contribution in [0.1, 0.15) is 38.8 Å². The second-order valence-electron chi connectivity index (χ2n) is 9.45. The number of carbonyl (C=O) groups excluding carboxylic acids is 4. The van der Waals surface area contributed by atoms with Crippen LogP contribution in [0.15, 0.2) is 48.5 Å². The summed E-state index contributed by atoms with van der Waals surface area (Å²) in [5.74, 6) is -4.10. The Bertz CT molecular complexity index is 1280. The molecule has 0 N–H and O–H groups in total. The maximum Gasteiger partial charge on any atom is 0.303 e. The van der Waals surface area contributed by atoms with Gasteiger partial charge >= 0.3 is 23.9 Å². The van der Waals surface area contributed by atoms with E-state index in [2.05, 4.69) is 0 Å². The van der Waals surface area contributed by atoms with E-state index in [0.717, 1.165) is 20.8 Å². The van der Waals surface area contributed by atoms with Gasteiger partial charge in [-0.1, -0.05) is 35.9 Å². The lowest BCUT2D eigenvalue weighted by Gasteiger charge is -2.49. The van der Waals surface area contributed by atoms with E-state index in [1.165, 1.54) is 6.92 Å². The van der Waals surface area contributed by atoms with Crippen molar-refractivity contribution in [2.24, 2.45) is 0 Å². The number of benzene rings is 2. The van der Waals surface area contributed by atoms with Crippen molar-refractivity contribution in [2.75, 3.05) is 13.2 Å². The van der Waals surface area contributed by atoms with Crippen molar-refractivity contribution in [2.45, 2.75) is 64.0 Å². The number of fused-ring (bicyclic) bond motifs is 2. The molecule has 2 heterocycles. The minimum atomic E-state index is -1.87. The van der Waals surface area contributed by atoms with Gasteiger partial charge in [-0.3, -0.25) is 19.2 Å². The molecule has 12 heteroatoms. The molecule has 2 saturated heterocycles. The van der Waals surface area contributed by atoms with Gasteiger partial charge in [0, 0.05) is 43.8 Å². The first kappa shape index (κ1) is 29.3. The highest BCUT2D eigenvalue weighted by Crippen LogP contribution is 2.53. The predicted octanol–water partition coefficient (Wildman–Crippen LogP) is 3.23. The third kappa shape index (κ3) is 6.06. The van der Waals surface area contributed by atoms with Crippen LogP contribution in [0.25, 0.3) is 0 Å². The van der Waals surface area contributed by atoms with Gasteiger partial charge in [-0.25, -0.2) is 0 Å². The Morgan fingerprint density at radius 3 is 2.15 bits per heavy atom. The predicted molar refractivity (Wildman–Crippen MR) is 137 cm³/mol. The van der Waals surface area contributed by atoms with Crippen molar-refractivity contribution < 1.29 is 52.3 Å². The van der Waals surface area contributed by atoms with Crippen LogP contribution >= 0.6 is 11.6 Å². The van der Waals surface area contributed by atoms with E-state index in [1.54, 1.807) is 30.3 Å². The number of para-hydroxylation sites is 1. The highest BCUT2D eigenvalue weighted by molar-refractivity contribution is 6.31. The van der Waals surface area contributed by atoms with Gasteiger partial charge in [-0.15, -0.1) is 0 Å². The normalized spacial score (nSPS) is 26.9. The molecular weight excluding hydrogens is 548 g/mol. The van der Waals surface area contributed by atoms with Gasteiger partial charge in [-0.05, 0) is 24.3 Å². The number of carbonyl (C=O) groups is 4. The third-order valence-electron chi connectivity index (χ3n) is 6.37. The Morgan fingerprint density at radius 1 is 0.875 bits per heavy atom. The molecule has 5 unspecified atom stereocenters. The molecule has 0 radical (unpaired) electrons. The van der Waals surface area contributed by atoms with E-state index in [-0.39, 0.29) is 13.2 Å². The molecule has 0 aromatic heterocycles. The quantitative estimate of drug-likeness (QED) is 0.322. The highest BCUT2D eigenvalue weighted by Gasteiger charge is 2.72. The zero-order valence-electron chi connectivity index (χ0n) is 22.3. The minimum Gasteiger partial charge on any atom is -0.489 e. The summed E-state index contributed by atoms with van der Waals surface area (Å²) in [6.45, 7) is 4.06. The summed E-state index contributed by atoms with van der Waals surface area (Å²) in [5.41, 5.74) is -0.721. The van der Waals surface area contributed by atoms with Gasteiger partial charge in [0.15, 0.2) is 17.8 Å². The fourth-order valence-electron chi connectivity index (χ4n) is 4.80. The summed E-state index contributed by atoms with van der Waals surface area (Å²) >= 11 is 6.48. The number of halogens is 1. The summed E-state index contributed by atoms with van der Waals surface area (Å²) < 4.78 is 40.6. The number of hydrogen-bond donors (Lipinski definition) is 0. The third-order valence-corrected chi connectivity index (χ3v) is 6.74. The van der Waals surface area contributed by atoms with Crippen LogP contribution in [-0.4, -0.2) is 61.0 Å². The SMILES string of the molecule is CC(=O)OCC12COC(c3ccc(Cl)c(COc4ccccc4)c3)(O1)C(OC(C)=O)C(OC(C)=O)C2OC(C)=O. The van der Waals surface area contributed by atoms with Gasteiger partial charge in [0.2, 0.25) is 11.9 Å². The first-order valence-electron chi connectivity index (χ1n) is 12.4. The summed E-state index contributed by atoms with van der Waals surface area (Å²) in [4.78, 5) is 48.5. The molecule has 0 spiro atoms. The van der Waals surface area contributed by atoms with E-state index in [1.807, 2.05) is 18.2 Å². The van der Waals surface area contributed by atoms with Crippen LogP contribution in [0, 0.1) is 0 Å². The van der Waals surface area contributed by atoms with Crippen LogP contribution in [0.4, 0.5) is 0 Å². The van der Waals surface area contributed by atoms with Crippen LogP contribution < -0.4 is 4.74 Å². The lowest BCUT2D eigenvalue weighted by Crippen LogP contribution is -2.68. The van der Waals surface area contributed by atoms with Gasteiger partial charge in [0.1, 0.15) is 19.0 Å². The Balaban J connectivity index is 1.82. The molecule has 2 fully saturated rings. The Kier molecular flexibility index (Phi) is 8.67. The van der Waals surface area contributed by atoms with Crippen LogP contribution in [0.2, 0.25) is 5.02 Å². The molecule has 40 heavy (non-hydrogen) atoms. The topological polar surface area (TPSA) is 133 Å². The zero-order chi connectivity index (χ0) is 29.1. The highest BCUT2D eigenvalue weighted by atomic mass is 35.5. The molecule has 2 aromatic rings. The van der Waals surface area contributed by atoms with Gasteiger partial charge in [-0.2, -0.15) is 0 Å². The van der Waals surface area contributed by atoms with E-state index < -0.39 is 60.2 Å². The largest absolute Gasteiger partial charge is 0.489 e. The Morgan fingerprint density at radius 2 is 1.52 bits per heavy atom. The van der Waals surface area contributed by atoms with E-state index in [9.17, 15) is 19.2 Å². The molecule has 214 valence electrons. The van der Waals surface area contributed by atoms with Crippen molar-refractivity contribution >= 4 is 35.5 Å². The summed E-state index contributed by atoms with van der Waals surface area (Å²) in [6, 6.07) is 13.9. The number of ether oxygens (including phenoxy) is 7. The van der Waals surface area contributed by atoms with Crippen LogP contribution in [0.3, 0.4) is 0 Å². The Hall–Kier alpha value is -3.67. The first-order valence-corrected chi connectivity index (χ1v) is 12.8. The van der Waals surface area contributed by atoms with E-state index in [4.69, 9.17) is 44.8 Å². The smallest absolute Gasteiger partial charge is 0.303 e. The molecule has 2 aromatic carbocycles. The lowest BCUT2D eigenvalue weighted by molar-refractivity contribution is -0.334. The van der Waals surface area contributed by atoms with Crippen molar-refractivity contribution in [1.82, 2.24) is 0 Å². The molecule has 0 saturated carbocycles. The summed E-state index contributed by atoms with van der Waals surface area (Å²) in [7, 11) is 0. The van der Waals surface area contributed by atoms with Crippen molar-refractivity contribution in [3.8, 4) is 5.75 Å². The van der Waals surface area contributed by atoms with Crippen molar-refractivity contribution in [3.05, 3.63) is 64.7 Å². The van der Waals surface area contributed by atoms with E-state index >= 15 is 0 Å². The molecule has 5 atom stereocenters. The summed E-state index contributed by atoms with van der Waals surface area (Å²) in [5, 5.41) is 0.384. The molecule has 11 nitrogen and oxygen atoms in total. The van der Waals surface area contributed by atoms with Crippen molar-refractivity contribution in [3.63, 3.8) is 0 Å². The number of rotatable bonds is 9. The van der Waals surface area contributed by atoms with Crippen LogP contribution in [0.5, 0.6) is 5.75 Å². The second-order valence-corrected chi connectivity index (χ2v) is 9.85. The maximum absolute atomic E-state index is 12.3. The molecule has 2 aliphatic heterocycles. The lowest BCUT2D eigenvalue weighted by atomic mass is 9.83. The van der Waals surface area contributed by atoms with Gasteiger partial charge in [0.25, 0.3) is 0 Å². The maximum atomic E-state index is 12.3. The monoisotopic (exact) mass is 576 g/mol. The van der Waals surface area contributed by atoms with Crippen LogP contribution in [-0.2, 0) is 60.0 Å². The summed E-state index contributed by atoms with van der Waals surface area (Å²) in [6.07, 6.45) is -4.19. The molecular formula is C28H29ClO11. The molecule has 0 amide bonds. The standard InChI is InChI=1S/C28H29ClO11/c1-16(30)35-14-27-15-36-28(40-27,26(39-19(4)33)24(37-17(2)31)25(27)38-18(3)32)21-10-11-23(29)20(12-21)13-34-22-8-6-5-7-9-22/h5-12,24-26H,13-15H2,1-4H3. The molecule has 2 aliphatic rings. The molecule has 0 aliphatic carbocycles. The number of esters is 4. The Labute approximate surface area is 235 Å². The second kappa shape index (κ2) is 11.8. The minimum absolute atomic E-state index is 0.0764. The number of hydrogen-bond acceptors (Lipinski definition) is 11. The fraction of sp³-hybridized carbons (Fsp3) is 0.429. The van der Waals surface area contributed by atoms with E-state index in [0.29, 0.717) is 21.9 Å². The average molecular weight is 577 g/mol. The van der Waals surface area contributed by atoms with Gasteiger partial charge in [0.05, 0.1) is 6.61 Å². The molecule has 2 bridgehead atoms. The van der Waals surface area contributed by atoms with Gasteiger partial charge < -0.3 is 33.2 Å². The average Bonchev–Trinajstić information content (AvgIpc) is 3.26. The zero-order valence-corrected chi connectivity index (χ0v) is 23.1. The first-order chi connectivity index (χ1) is 19.0. The fourth-order valence-corrected chi connectivity index (χ4v) is 4.97. The molecule has 4 rings (SSSR count).